The summed E-state index contributed by atoms with van der Waals surface area (Å²) >= 11 is 0. The maximum absolute atomic E-state index is 12.9. The van der Waals surface area contributed by atoms with E-state index in [4.69, 9.17) is 9.47 Å². The number of hydrogen-bond acceptors (Lipinski definition) is 6. The summed E-state index contributed by atoms with van der Waals surface area (Å²) in [4.78, 5) is 27.0. The molecule has 0 saturated carbocycles. The number of anilines is 1. The first-order valence-corrected chi connectivity index (χ1v) is 9.23. The summed E-state index contributed by atoms with van der Waals surface area (Å²) in [5, 5.41) is 0. The number of pyridine rings is 2. The van der Waals surface area contributed by atoms with Gasteiger partial charge in [0.25, 0.3) is 11.8 Å². The minimum Gasteiger partial charge on any atom is -0.491 e. The van der Waals surface area contributed by atoms with Crippen LogP contribution >= 0.6 is 0 Å². The number of rotatable bonds is 5. The lowest BCUT2D eigenvalue weighted by atomic mass is 10.1. The molecule has 162 valence electrons. The highest BCUT2D eigenvalue weighted by Crippen LogP contribution is 2.37. The molecule has 0 bridgehead atoms. The number of ether oxygens (including phenoxy) is 2. The Morgan fingerprint density at radius 1 is 1.16 bits per heavy atom. The predicted octanol–water partition coefficient (Wildman–Crippen LogP) is 3.64. The third-order valence-electron chi connectivity index (χ3n) is 4.91. The molecular weight excluding hydrogens is 415 g/mol. The molecule has 0 aromatic carbocycles. The number of imidazole rings is 1. The number of methoxy groups -OCH3 is 2. The Balaban J connectivity index is 1.66. The molecule has 0 spiro atoms. The maximum atomic E-state index is 12.9. The molecule has 11 heteroatoms. The highest BCUT2D eigenvalue weighted by molar-refractivity contribution is 6.10. The molecule has 1 aliphatic rings. The van der Waals surface area contributed by atoms with Crippen LogP contribution in [0.4, 0.5) is 19.0 Å². The molecule has 0 radical (unpaired) electrons. The van der Waals surface area contributed by atoms with Gasteiger partial charge in [0.05, 0.1) is 43.5 Å². The monoisotopic (exact) mass is 433 g/mol. The number of aromatic nitrogens is 4. The Morgan fingerprint density at radius 3 is 2.61 bits per heavy atom. The summed E-state index contributed by atoms with van der Waals surface area (Å²) in [6.45, 7) is 0.564. The highest BCUT2D eigenvalue weighted by atomic mass is 19.4. The van der Waals surface area contributed by atoms with Crippen LogP contribution in [0.15, 0.2) is 36.9 Å². The van der Waals surface area contributed by atoms with Crippen LogP contribution in [-0.2, 0) is 6.54 Å². The number of halogens is 3. The second-order valence-electron chi connectivity index (χ2n) is 6.94. The van der Waals surface area contributed by atoms with Crippen molar-refractivity contribution in [2.75, 3.05) is 19.1 Å². The zero-order chi connectivity index (χ0) is 22.3. The van der Waals surface area contributed by atoms with E-state index in [9.17, 15) is 18.0 Å². The summed E-state index contributed by atoms with van der Waals surface area (Å²) in [6.07, 6.45) is -0.549. The van der Waals surface area contributed by atoms with Gasteiger partial charge in [0.15, 0.2) is 11.6 Å². The van der Waals surface area contributed by atoms with Gasteiger partial charge in [-0.15, -0.1) is 0 Å². The van der Waals surface area contributed by atoms with Gasteiger partial charge in [0, 0.05) is 18.0 Å². The number of fused-ring (bicyclic) bond motifs is 1. The van der Waals surface area contributed by atoms with E-state index in [1.165, 1.54) is 25.3 Å². The van der Waals surface area contributed by atoms with E-state index in [2.05, 4.69) is 15.0 Å². The van der Waals surface area contributed by atoms with Crippen LogP contribution in [0.25, 0.3) is 11.3 Å². The van der Waals surface area contributed by atoms with Crippen molar-refractivity contribution >= 4 is 11.7 Å². The zero-order valence-corrected chi connectivity index (χ0v) is 16.8. The SMILES string of the molecule is COc1cc(-c2ccc3c(n2)[C@H](C)N(c2cn(CC(F)(F)F)cn2)C3=O)cnc1OC. The molecule has 0 unspecified atom stereocenters. The third kappa shape index (κ3) is 3.78. The minimum absolute atomic E-state index is 0.133. The molecule has 0 saturated heterocycles. The van der Waals surface area contributed by atoms with Crippen LogP contribution in [-0.4, -0.2) is 45.8 Å². The van der Waals surface area contributed by atoms with Crippen LogP contribution in [0.5, 0.6) is 11.6 Å². The van der Waals surface area contributed by atoms with Gasteiger partial charge in [-0.05, 0) is 25.1 Å². The summed E-state index contributed by atoms with van der Waals surface area (Å²) in [6, 6.07) is 4.53. The van der Waals surface area contributed by atoms with Crippen LogP contribution in [0.3, 0.4) is 0 Å². The summed E-state index contributed by atoms with van der Waals surface area (Å²) in [7, 11) is 2.98. The molecule has 0 aliphatic carbocycles. The van der Waals surface area contributed by atoms with Crippen molar-refractivity contribution in [2.24, 2.45) is 0 Å². The first-order valence-electron chi connectivity index (χ1n) is 9.23. The van der Waals surface area contributed by atoms with Gasteiger partial charge < -0.3 is 14.0 Å². The van der Waals surface area contributed by atoms with E-state index in [0.717, 1.165) is 10.9 Å². The Bertz CT molecular complexity index is 1150. The fraction of sp³-hybridized carbons (Fsp3) is 0.300. The lowest BCUT2D eigenvalue weighted by Gasteiger charge is -2.18. The van der Waals surface area contributed by atoms with E-state index in [1.807, 2.05) is 0 Å². The van der Waals surface area contributed by atoms with Gasteiger partial charge in [0.2, 0.25) is 0 Å². The van der Waals surface area contributed by atoms with Gasteiger partial charge in [-0.2, -0.15) is 13.2 Å². The van der Waals surface area contributed by atoms with E-state index in [-0.39, 0.29) is 11.7 Å². The molecule has 4 heterocycles. The molecule has 3 aromatic rings. The van der Waals surface area contributed by atoms with Crippen LogP contribution in [0.2, 0.25) is 0 Å². The highest BCUT2D eigenvalue weighted by Gasteiger charge is 2.38. The fourth-order valence-corrected chi connectivity index (χ4v) is 3.50. The molecule has 0 fully saturated rings. The molecule has 8 nitrogen and oxygen atoms in total. The van der Waals surface area contributed by atoms with Crippen molar-refractivity contribution in [1.82, 2.24) is 19.5 Å². The summed E-state index contributed by atoms with van der Waals surface area (Å²) in [5.41, 5.74) is 2.10. The molecule has 1 aliphatic heterocycles. The molecule has 1 atom stereocenters. The minimum atomic E-state index is -4.38. The standard InChI is InChI=1S/C20H18F3N5O3/c1-11-17-13(19(29)28(11)16-8-27(10-25-16)9-20(21,22)23)4-5-14(26-17)12-6-15(30-2)18(31-3)24-7-12/h4-8,10-11H,9H2,1-3H3/t11-/m0/s1. The number of carbonyl (C=O) groups excluding carboxylic acids is 1. The summed E-state index contributed by atoms with van der Waals surface area (Å²) in [5.74, 6) is 0.526. The topological polar surface area (TPSA) is 82.4 Å². The van der Waals surface area contributed by atoms with Gasteiger partial charge >= 0.3 is 6.18 Å². The number of amides is 1. The smallest absolute Gasteiger partial charge is 0.406 e. The van der Waals surface area contributed by atoms with E-state index in [1.54, 1.807) is 31.3 Å². The van der Waals surface area contributed by atoms with Crippen molar-refractivity contribution in [3.05, 3.63) is 48.2 Å². The van der Waals surface area contributed by atoms with Crippen molar-refractivity contribution in [3.63, 3.8) is 0 Å². The van der Waals surface area contributed by atoms with E-state index in [0.29, 0.717) is 34.1 Å². The lowest BCUT2D eigenvalue weighted by Crippen LogP contribution is -2.26. The number of nitrogens with zero attached hydrogens (tertiary/aromatic N) is 5. The van der Waals surface area contributed by atoms with Crippen molar-refractivity contribution in [3.8, 4) is 22.9 Å². The molecule has 0 N–H and O–H groups in total. The van der Waals surface area contributed by atoms with Gasteiger partial charge in [-0.3, -0.25) is 9.69 Å². The number of hydrogen-bond donors (Lipinski definition) is 0. The zero-order valence-electron chi connectivity index (χ0n) is 16.8. The lowest BCUT2D eigenvalue weighted by molar-refractivity contribution is -0.140. The predicted molar refractivity (Wildman–Crippen MR) is 104 cm³/mol. The second-order valence-corrected chi connectivity index (χ2v) is 6.94. The third-order valence-corrected chi connectivity index (χ3v) is 4.91. The normalized spacial score (nSPS) is 15.9. The van der Waals surface area contributed by atoms with Crippen LogP contribution in [0.1, 0.15) is 29.0 Å². The Kier molecular flexibility index (Phi) is 5.03. The first kappa shape index (κ1) is 20.6. The van der Waals surface area contributed by atoms with Gasteiger partial charge in [-0.25, -0.2) is 15.0 Å². The maximum Gasteiger partial charge on any atom is 0.406 e. The summed E-state index contributed by atoms with van der Waals surface area (Å²) < 4.78 is 49.2. The Hall–Kier alpha value is -3.63. The van der Waals surface area contributed by atoms with Crippen molar-refractivity contribution in [2.45, 2.75) is 25.7 Å². The van der Waals surface area contributed by atoms with E-state index >= 15 is 0 Å². The van der Waals surface area contributed by atoms with E-state index < -0.39 is 18.8 Å². The molecule has 4 rings (SSSR count). The van der Waals surface area contributed by atoms with Crippen molar-refractivity contribution in [1.29, 1.82) is 0 Å². The molecular formula is C20H18F3N5O3. The molecule has 1 amide bonds. The largest absolute Gasteiger partial charge is 0.491 e. The van der Waals surface area contributed by atoms with Gasteiger partial charge in [0.1, 0.15) is 6.54 Å². The molecule has 31 heavy (non-hydrogen) atoms. The quantitative estimate of drug-likeness (QED) is 0.611. The second kappa shape index (κ2) is 7.56. The number of carbonyl (C=O) groups is 1. The van der Waals surface area contributed by atoms with Gasteiger partial charge in [-0.1, -0.05) is 0 Å². The number of alkyl halides is 3. The Morgan fingerprint density at radius 2 is 1.94 bits per heavy atom. The fourth-order valence-electron chi connectivity index (χ4n) is 3.50. The van der Waals surface area contributed by atoms with Crippen LogP contribution in [0, 0.1) is 0 Å². The average molecular weight is 433 g/mol. The Labute approximate surface area is 175 Å². The first-order chi connectivity index (χ1) is 14.7. The molecule has 3 aromatic heterocycles. The van der Waals surface area contributed by atoms with Crippen LogP contribution < -0.4 is 14.4 Å². The van der Waals surface area contributed by atoms with Crippen molar-refractivity contribution < 1.29 is 27.4 Å². The average Bonchev–Trinajstić information content (AvgIpc) is 3.27.